The molecule has 0 heterocycles. The first kappa shape index (κ1) is 5.66. The molecule has 0 bridgehead atoms. The third kappa shape index (κ3) is 4.66. The first-order valence-corrected chi connectivity index (χ1v) is 2.27. The molecular formula is C2H6OS2. The monoisotopic (exact) mass is 110 g/mol. The molecule has 0 radical (unpaired) electrons. The first-order chi connectivity index (χ1) is 2.27. The Bertz CT molecular complexity index is 21.6. The molecule has 0 amide bonds. The van der Waals surface area contributed by atoms with Crippen LogP contribution < -0.4 is 0 Å². The zero-order valence-electron chi connectivity index (χ0n) is 2.63. The van der Waals surface area contributed by atoms with E-state index in [0.29, 0.717) is 0 Å². The van der Waals surface area contributed by atoms with Crippen molar-refractivity contribution in [3.05, 3.63) is 0 Å². The maximum atomic E-state index is 7.99. The van der Waals surface area contributed by atoms with Crippen molar-refractivity contribution in [1.29, 1.82) is 0 Å². The lowest BCUT2D eigenvalue weighted by atomic mass is 10.9. The molecule has 0 aromatic rings. The van der Waals surface area contributed by atoms with E-state index >= 15 is 0 Å². The summed E-state index contributed by atoms with van der Waals surface area (Å²) < 4.78 is -0.171. The maximum absolute atomic E-state index is 7.99. The van der Waals surface area contributed by atoms with Crippen molar-refractivity contribution in [1.82, 2.24) is 0 Å². The second-order valence-electron chi connectivity index (χ2n) is 0.663. The molecule has 0 spiro atoms. The largest absolute Gasteiger partial charge is 0.394 e. The summed E-state index contributed by atoms with van der Waals surface area (Å²) in [4.78, 5) is 0. The second kappa shape index (κ2) is 2.87. The minimum Gasteiger partial charge on any atom is -0.394 e. The summed E-state index contributed by atoms with van der Waals surface area (Å²) in [6.07, 6.45) is 0. The van der Waals surface area contributed by atoms with Crippen LogP contribution in [0.4, 0.5) is 0 Å². The van der Waals surface area contributed by atoms with Crippen molar-refractivity contribution < 1.29 is 5.11 Å². The van der Waals surface area contributed by atoms with E-state index in [1.807, 2.05) is 0 Å². The molecule has 0 saturated heterocycles. The van der Waals surface area contributed by atoms with Gasteiger partial charge in [-0.15, -0.1) is 0 Å². The van der Waals surface area contributed by atoms with E-state index in [-0.39, 0.29) is 11.2 Å². The van der Waals surface area contributed by atoms with Crippen molar-refractivity contribution in [3.8, 4) is 0 Å². The molecule has 0 aliphatic heterocycles. The molecule has 32 valence electrons. The van der Waals surface area contributed by atoms with Crippen molar-refractivity contribution >= 4 is 25.3 Å². The van der Waals surface area contributed by atoms with Gasteiger partial charge in [-0.1, -0.05) is 0 Å². The summed E-state index contributed by atoms with van der Waals surface area (Å²) in [7, 11) is 0. The summed E-state index contributed by atoms with van der Waals surface area (Å²) in [6.45, 7) is 0.0340. The van der Waals surface area contributed by atoms with Crippen LogP contribution in [-0.4, -0.2) is 16.3 Å². The third-order valence-electron chi connectivity index (χ3n) is 0.163. The first-order valence-electron chi connectivity index (χ1n) is 1.24. The summed E-state index contributed by atoms with van der Waals surface area (Å²) in [5.74, 6) is 0. The maximum Gasteiger partial charge on any atom is 0.0672 e. The molecular weight excluding hydrogens is 104 g/mol. The average molecular weight is 110 g/mol. The van der Waals surface area contributed by atoms with E-state index in [2.05, 4.69) is 25.3 Å². The van der Waals surface area contributed by atoms with Crippen molar-refractivity contribution in [2.45, 2.75) is 4.58 Å². The summed E-state index contributed by atoms with van der Waals surface area (Å²) in [6, 6.07) is 0. The fourth-order valence-electron chi connectivity index (χ4n) is 0. The van der Waals surface area contributed by atoms with Gasteiger partial charge in [0.2, 0.25) is 0 Å². The molecule has 0 fully saturated rings. The van der Waals surface area contributed by atoms with Gasteiger partial charge in [0.05, 0.1) is 11.2 Å². The highest BCUT2D eigenvalue weighted by Gasteiger charge is 1.83. The Balaban J connectivity index is 2.54. The van der Waals surface area contributed by atoms with Crippen LogP contribution in [-0.2, 0) is 0 Å². The number of aliphatic hydroxyl groups excluding tert-OH is 1. The molecule has 5 heavy (non-hydrogen) atoms. The number of thiol groups is 2. The van der Waals surface area contributed by atoms with Gasteiger partial charge in [-0.25, -0.2) is 0 Å². The Morgan fingerprint density at radius 1 is 1.60 bits per heavy atom. The van der Waals surface area contributed by atoms with E-state index in [9.17, 15) is 0 Å². The highest BCUT2D eigenvalue weighted by molar-refractivity contribution is 7.99. The molecule has 1 nitrogen and oxygen atoms in total. The second-order valence-corrected chi connectivity index (χ2v) is 2.32. The van der Waals surface area contributed by atoms with Gasteiger partial charge in [-0.3, -0.25) is 0 Å². The molecule has 0 atom stereocenters. The highest BCUT2D eigenvalue weighted by atomic mass is 32.2. The third-order valence-corrected chi connectivity index (χ3v) is 0.490. The predicted molar refractivity (Wildman–Crippen MR) is 28.8 cm³/mol. The van der Waals surface area contributed by atoms with Crippen molar-refractivity contribution in [2.24, 2.45) is 0 Å². The van der Waals surface area contributed by atoms with Crippen molar-refractivity contribution in [2.75, 3.05) is 6.61 Å². The Morgan fingerprint density at radius 3 is 1.80 bits per heavy atom. The van der Waals surface area contributed by atoms with Gasteiger partial charge in [0.25, 0.3) is 0 Å². The van der Waals surface area contributed by atoms with Crippen LogP contribution in [0, 0.1) is 0 Å². The van der Waals surface area contributed by atoms with E-state index < -0.39 is 0 Å². The van der Waals surface area contributed by atoms with Gasteiger partial charge in [-0.05, 0) is 0 Å². The standard InChI is InChI=1S/C2H6OS2/c3-1-2(4)5/h2-5H,1H2. The molecule has 3 heteroatoms. The molecule has 1 N–H and O–H groups in total. The summed E-state index contributed by atoms with van der Waals surface area (Å²) >= 11 is 7.42. The van der Waals surface area contributed by atoms with Crippen LogP contribution in [0.2, 0.25) is 0 Å². The minimum atomic E-state index is -0.171. The Kier molecular flexibility index (Phi) is 3.25. The minimum absolute atomic E-state index is 0.0340. The van der Waals surface area contributed by atoms with Gasteiger partial charge in [0.1, 0.15) is 0 Å². The Morgan fingerprint density at radius 2 is 1.80 bits per heavy atom. The lowest BCUT2D eigenvalue weighted by molar-refractivity contribution is 0.316. The zero-order valence-corrected chi connectivity index (χ0v) is 4.41. The Hall–Kier alpha value is 0.660. The van der Waals surface area contributed by atoms with Gasteiger partial charge < -0.3 is 5.11 Å². The predicted octanol–water partition coefficient (Wildman–Crippen LogP) is 0.164. The van der Waals surface area contributed by atoms with Crippen LogP contribution >= 0.6 is 25.3 Å². The van der Waals surface area contributed by atoms with Crippen LogP contribution in [0.5, 0.6) is 0 Å². The Labute approximate surface area is 42.2 Å². The molecule has 0 aromatic carbocycles. The normalized spacial score (nSPS) is 9.60. The molecule has 0 aromatic heterocycles. The zero-order chi connectivity index (χ0) is 4.28. The fourth-order valence-corrected chi connectivity index (χ4v) is 0. The fraction of sp³-hybridized carbons (Fsp3) is 1.00. The van der Waals surface area contributed by atoms with Crippen LogP contribution in [0.15, 0.2) is 0 Å². The van der Waals surface area contributed by atoms with E-state index in [1.165, 1.54) is 0 Å². The van der Waals surface area contributed by atoms with Gasteiger partial charge in [0.15, 0.2) is 0 Å². The summed E-state index contributed by atoms with van der Waals surface area (Å²) in [5.41, 5.74) is 0. The number of rotatable bonds is 1. The van der Waals surface area contributed by atoms with Crippen molar-refractivity contribution in [3.63, 3.8) is 0 Å². The lowest BCUT2D eigenvalue weighted by Gasteiger charge is -1.88. The SMILES string of the molecule is OCC(S)S. The highest BCUT2D eigenvalue weighted by Crippen LogP contribution is 1.94. The smallest absolute Gasteiger partial charge is 0.0672 e. The number of hydrogen-bond donors (Lipinski definition) is 3. The van der Waals surface area contributed by atoms with Gasteiger partial charge in [0, 0.05) is 0 Å². The topological polar surface area (TPSA) is 20.2 Å². The van der Waals surface area contributed by atoms with Crippen LogP contribution in [0.1, 0.15) is 0 Å². The molecule has 0 unspecified atom stereocenters. The van der Waals surface area contributed by atoms with Gasteiger partial charge >= 0.3 is 0 Å². The van der Waals surface area contributed by atoms with Crippen LogP contribution in [0.3, 0.4) is 0 Å². The van der Waals surface area contributed by atoms with E-state index in [0.717, 1.165) is 0 Å². The number of hydrogen-bond acceptors (Lipinski definition) is 3. The van der Waals surface area contributed by atoms with Crippen LogP contribution in [0.25, 0.3) is 0 Å². The van der Waals surface area contributed by atoms with E-state index in [4.69, 9.17) is 5.11 Å². The van der Waals surface area contributed by atoms with E-state index in [1.54, 1.807) is 0 Å². The number of aliphatic hydroxyl groups is 1. The summed E-state index contributed by atoms with van der Waals surface area (Å²) in [5, 5.41) is 7.99. The molecule has 0 rings (SSSR count). The molecule has 0 saturated carbocycles. The quantitative estimate of drug-likeness (QED) is 0.324. The van der Waals surface area contributed by atoms with Gasteiger partial charge in [-0.2, -0.15) is 25.3 Å². The molecule has 0 aliphatic carbocycles. The molecule has 0 aliphatic rings. The lowest BCUT2D eigenvalue weighted by Crippen LogP contribution is -1.91. The average Bonchev–Trinajstić information content (AvgIpc) is 1.38.